The molecule has 0 saturated heterocycles. The van der Waals surface area contributed by atoms with Crippen LogP contribution in [-0.4, -0.2) is 55.9 Å². The molecule has 0 aliphatic rings. The maximum absolute atomic E-state index is 12.0. The smallest absolute Gasteiger partial charge is 0.264 e. The first-order valence-electron chi connectivity index (χ1n) is 10.4. The first kappa shape index (κ1) is 26.3. The van der Waals surface area contributed by atoms with Crippen LogP contribution in [0.3, 0.4) is 0 Å². The van der Waals surface area contributed by atoms with E-state index in [1.807, 2.05) is 0 Å². The van der Waals surface area contributed by atoms with Gasteiger partial charge in [0.1, 0.15) is 11.5 Å². The van der Waals surface area contributed by atoms with Crippen molar-refractivity contribution in [2.24, 2.45) is 0 Å². The largest absolute Gasteiger partial charge is 0.544 e. The van der Waals surface area contributed by atoms with Crippen LogP contribution in [0, 0.1) is 0 Å². The summed E-state index contributed by atoms with van der Waals surface area (Å²) >= 11 is 0. The van der Waals surface area contributed by atoms with Crippen LogP contribution in [0.4, 0.5) is 0 Å². The number of carbonyl (C=O) groups excluding carboxylic acids is 1. The maximum Gasteiger partial charge on any atom is 0.264 e. The van der Waals surface area contributed by atoms with E-state index in [4.69, 9.17) is 4.55 Å². The minimum atomic E-state index is -4.08. The SMILES string of the molecule is CCCCCCCCCCCCC(CCCS(=O)(=O)O)(C(=O)[O-])[N+](C)(C)C. The van der Waals surface area contributed by atoms with E-state index in [1.165, 1.54) is 44.9 Å². The second-order valence-corrected chi connectivity index (χ2v) is 10.2. The molecule has 6 nitrogen and oxygen atoms in total. The molecule has 1 unspecified atom stereocenters. The molecule has 1 N–H and O–H groups in total. The Bertz CT molecular complexity index is 513. The number of rotatable bonds is 17. The van der Waals surface area contributed by atoms with E-state index in [1.54, 1.807) is 21.1 Å². The van der Waals surface area contributed by atoms with Gasteiger partial charge in [-0.3, -0.25) is 4.55 Å². The Balaban J connectivity index is 4.43. The van der Waals surface area contributed by atoms with Crippen LogP contribution in [0.1, 0.15) is 90.4 Å². The summed E-state index contributed by atoms with van der Waals surface area (Å²) in [6.07, 6.45) is 12.5. The van der Waals surface area contributed by atoms with Gasteiger partial charge >= 0.3 is 0 Å². The molecule has 0 aromatic heterocycles. The Labute approximate surface area is 166 Å². The van der Waals surface area contributed by atoms with Gasteiger partial charge in [-0.05, 0) is 12.8 Å². The third kappa shape index (κ3) is 11.1. The van der Waals surface area contributed by atoms with Gasteiger partial charge in [-0.15, -0.1) is 0 Å². The fourth-order valence-electron chi connectivity index (χ4n) is 3.73. The normalized spacial score (nSPS) is 14.9. The lowest BCUT2D eigenvalue weighted by Gasteiger charge is -2.47. The summed E-state index contributed by atoms with van der Waals surface area (Å²) in [7, 11) is 1.33. The van der Waals surface area contributed by atoms with Gasteiger partial charge < -0.3 is 14.4 Å². The maximum atomic E-state index is 12.0. The Morgan fingerprint density at radius 2 is 1.26 bits per heavy atom. The van der Waals surface area contributed by atoms with Crippen LogP contribution in [0.5, 0.6) is 0 Å². The highest BCUT2D eigenvalue weighted by Gasteiger charge is 2.43. The lowest BCUT2D eigenvalue weighted by atomic mass is 9.84. The van der Waals surface area contributed by atoms with Crippen molar-refractivity contribution in [2.45, 2.75) is 95.9 Å². The van der Waals surface area contributed by atoms with Crippen molar-refractivity contribution in [1.29, 1.82) is 0 Å². The predicted octanol–water partition coefficient (Wildman–Crippen LogP) is 3.16. The fraction of sp³-hybridized carbons (Fsp3) is 0.950. The van der Waals surface area contributed by atoms with Gasteiger partial charge in [0.2, 0.25) is 0 Å². The third-order valence-corrected chi connectivity index (χ3v) is 6.41. The fourth-order valence-corrected chi connectivity index (χ4v) is 4.23. The molecule has 0 fully saturated rings. The molecule has 0 aromatic carbocycles. The first-order valence-corrected chi connectivity index (χ1v) is 12.1. The quantitative estimate of drug-likeness (QED) is 0.227. The summed E-state index contributed by atoms with van der Waals surface area (Å²) in [6, 6.07) is 0. The molecule has 0 aromatic rings. The minimum absolute atomic E-state index is 0.111. The van der Waals surface area contributed by atoms with Gasteiger partial charge in [-0.2, -0.15) is 8.42 Å². The van der Waals surface area contributed by atoms with Crippen LogP contribution < -0.4 is 5.11 Å². The molecule has 1 atom stereocenters. The highest BCUT2D eigenvalue weighted by molar-refractivity contribution is 7.85. The summed E-state index contributed by atoms with van der Waals surface area (Å²) in [4.78, 5) is 12.0. The van der Waals surface area contributed by atoms with E-state index in [0.29, 0.717) is 6.42 Å². The number of aliphatic carboxylic acids is 1. The number of unbranched alkanes of at least 4 members (excludes halogenated alkanes) is 9. The van der Waals surface area contributed by atoms with Crippen LogP contribution in [0.25, 0.3) is 0 Å². The number of carbonyl (C=O) groups is 1. The number of quaternary nitrogens is 1. The summed E-state index contributed by atoms with van der Waals surface area (Å²) in [5.41, 5.74) is -1.13. The molecule has 0 amide bonds. The third-order valence-electron chi connectivity index (χ3n) is 5.60. The van der Waals surface area contributed by atoms with Crippen molar-refractivity contribution in [3.8, 4) is 0 Å². The van der Waals surface area contributed by atoms with Gasteiger partial charge in [0.05, 0.1) is 26.9 Å². The van der Waals surface area contributed by atoms with E-state index in [-0.39, 0.29) is 17.3 Å². The number of hydrogen-bond donors (Lipinski definition) is 1. The Morgan fingerprint density at radius 3 is 1.63 bits per heavy atom. The minimum Gasteiger partial charge on any atom is -0.544 e. The number of likely N-dealkylation sites (N-methyl/N-ethyl adjacent to an activating group) is 1. The van der Waals surface area contributed by atoms with Crippen LogP contribution in [0.15, 0.2) is 0 Å². The standard InChI is InChI=1S/C20H41NO5S/c1-5-6-7-8-9-10-11-12-13-14-16-20(19(22)23,21(2,3)4)17-15-18-27(24,25)26/h5-18H2,1-4H3,(H-,22,23,24,25,26). The molecule has 162 valence electrons. The summed E-state index contributed by atoms with van der Waals surface area (Å²) < 4.78 is 31.0. The number of carboxylic acids is 1. The summed E-state index contributed by atoms with van der Waals surface area (Å²) in [5, 5.41) is 12.0. The molecule has 0 bridgehead atoms. The molecule has 0 aliphatic heterocycles. The molecular weight excluding hydrogens is 366 g/mol. The molecule has 0 spiro atoms. The molecule has 7 heteroatoms. The molecular formula is C20H41NO5S. The average molecular weight is 408 g/mol. The van der Waals surface area contributed by atoms with Gasteiger partial charge in [0.25, 0.3) is 10.1 Å². The van der Waals surface area contributed by atoms with Crippen molar-refractivity contribution < 1.29 is 27.4 Å². The first-order chi connectivity index (χ1) is 12.5. The van der Waals surface area contributed by atoms with Crippen molar-refractivity contribution in [3.05, 3.63) is 0 Å². The van der Waals surface area contributed by atoms with Crippen molar-refractivity contribution in [1.82, 2.24) is 0 Å². The Morgan fingerprint density at radius 1 is 0.852 bits per heavy atom. The van der Waals surface area contributed by atoms with Crippen LogP contribution >= 0.6 is 0 Å². The molecule has 0 saturated carbocycles. The van der Waals surface area contributed by atoms with Gasteiger partial charge in [0.15, 0.2) is 0 Å². The van der Waals surface area contributed by atoms with E-state index < -0.39 is 27.4 Å². The Hall–Kier alpha value is -0.660. The zero-order valence-electron chi connectivity index (χ0n) is 17.8. The average Bonchev–Trinajstić information content (AvgIpc) is 2.52. The second kappa shape index (κ2) is 12.7. The highest BCUT2D eigenvalue weighted by atomic mass is 32.2. The predicted molar refractivity (Wildman–Crippen MR) is 108 cm³/mol. The topological polar surface area (TPSA) is 94.5 Å². The van der Waals surface area contributed by atoms with Gasteiger partial charge in [0, 0.05) is 12.8 Å². The molecule has 0 heterocycles. The zero-order chi connectivity index (χ0) is 21.0. The van der Waals surface area contributed by atoms with Crippen molar-refractivity contribution in [3.63, 3.8) is 0 Å². The lowest BCUT2D eigenvalue weighted by molar-refractivity contribution is -0.917. The van der Waals surface area contributed by atoms with Gasteiger partial charge in [-0.1, -0.05) is 64.7 Å². The molecule has 0 aliphatic carbocycles. The van der Waals surface area contributed by atoms with Gasteiger partial charge in [-0.25, -0.2) is 0 Å². The van der Waals surface area contributed by atoms with E-state index in [2.05, 4.69) is 6.92 Å². The second-order valence-electron chi connectivity index (χ2n) is 8.65. The highest BCUT2D eigenvalue weighted by Crippen LogP contribution is 2.31. The van der Waals surface area contributed by atoms with Crippen LogP contribution in [-0.2, 0) is 14.9 Å². The van der Waals surface area contributed by atoms with Crippen LogP contribution in [0.2, 0.25) is 0 Å². The van der Waals surface area contributed by atoms with Crippen molar-refractivity contribution in [2.75, 3.05) is 26.9 Å². The number of carboxylic acid groups (broad SMARTS) is 1. The number of hydrogen-bond acceptors (Lipinski definition) is 4. The van der Waals surface area contributed by atoms with E-state index >= 15 is 0 Å². The number of nitrogens with zero attached hydrogens (tertiary/aromatic N) is 1. The Kier molecular flexibility index (Phi) is 12.4. The van der Waals surface area contributed by atoms with E-state index in [0.717, 1.165) is 19.3 Å². The lowest BCUT2D eigenvalue weighted by Crippen LogP contribution is -2.66. The summed E-state index contributed by atoms with van der Waals surface area (Å²) in [6.45, 7) is 2.21. The van der Waals surface area contributed by atoms with Crippen molar-refractivity contribution >= 4 is 16.1 Å². The zero-order valence-corrected chi connectivity index (χ0v) is 18.7. The van der Waals surface area contributed by atoms with E-state index in [9.17, 15) is 18.3 Å². The molecule has 0 rings (SSSR count). The molecule has 0 radical (unpaired) electrons. The summed E-state index contributed by atoms with van der Waals surface area (Å²) in [5.74, 6) is -1.55. The monoisotopic (exact) mass is 407 g/mol. The molecule has 27 heavy (non-hydrogen) atoms.